The number of hydrogen-bond donors (Lipinski definition) is 0. The molecule has 0 aliphatic carbocycles. The van der Waals surface area contributed by atoms with Crippen molar-refractivity contribution in [1.29, 1.82) is 0 Å². The molecule has 1 aromatic heterocycles. The summed E-state index contributed by atoms with van der Waals surface area (Å²) in [6.07, 6.45) is 2.52. The fourth-order valence-corrected chi connectivity index (χ4v) is 4.49. The number of nitrogens with zero attached hydrogens (tertiary/aromatic N) is 4. The number of aromatic nitrogens is 3. The number of rotatable bonds is 6. The van der Waals surface area contributed by atoms with E-state index in [1.807, 2.05) is 36.4 Å². The fourth-order valence-electron chi connectivity index (χ4n) is 3.25. The second kappa shape index (κ2) is 8.65. The minimum Gasteiger partial charge on any atom is -0.296 e. The van der Waals surface area contributed by atoms with E-state index in [0.717, 1.165) is 47.6 Å². The van der Waals surface area contributed by atoms with Gasteiger partial charge in [-0.05, 0) is 55.8 Å². The second-order valence-corrected chi connectivity index (χ2v) is 8.35. The van der Waals surface area contributed by atoms with Crippen molar-refractivity contribution >= 4 is 35.0 Å². The summed E-state index contributed by atoms with van der Waals surface area (Å²) in [5.74, 6) is 1.74. The lowest BCUT2D eigenvalue weighted by Gasteiger charge is -2.16. The van der Waals surface area contributed by atoms with Gasteiger partial charge in [0.1, 0.15) is 0 Å². The quantitative estimate of drug-likeness (QED) is 0.497. The first-order chi connectivity index (χ1) is 13.2. The van der Waals surface area contributed by atoms with E-state index in [1.165, 1.54) is 12.8 Å². The van der Waals surface area contributed by atoms with Crippen molar-refractivity contribution in [3.63, 3.8) is 0 Å². The molecule has 0 N–H and O–H groups in total. The van der Waals surface area contributed by atoms with Crippen LogP contribution in [0.2, 0.25) is 10.0 Å². The number of halogens is 2. The fraction of sp³-hybridized carbons (Fsp3) is 0.300. The Labute approximate surface area is 173 Å². The smallest absolute Gasteiger partial charge is 0.196 e. The van der Waals surface area contributed by atoms with Crippen LogP contribution >= 0.6 is 35.0 Å². The molecule has 1 aliphatic heterocycles. The van der Waals surface area contributed by atoms with Gasteiger partial charge >= 0.3 is 0 Å². The molecule has 1 fully saturated rings. The second-order valence-electron chi connectivity index (χ2n) is 6.59. The van der Waals surface area contributed by atoms with Gasteiger partial charge in [-0.25, -0.2) is 0 Å². The van der Waals surface area contributed by atoms with E-state index in [9.17, 15) is 0 Å². The molecule has 1 aliphatic rings. The van der Waals surface area contributed by atoms with E-state index >= 15 is 0 Å². The van der Waals surface area contributed by atoms with Crippen molar-refractivity contribution in [2.24, 2.45) is 0 Å². The summed E-state index contributed by atoms with van der Waals surface area (Å²) >= 11 is 13.8. The molecule has 140 valence electrons. The van der Waals surface area contributed by atoms with Gasteiger partial charge < -0.3 is 0 Å². The average molecular weight is 419 g/mol. The van der Waals surface area contributed by atoms with Crippen molar-refractivity contribution < 1.29 is 0 Å². The van der Waals surface area contributed by atoms with Gasteiger partial charge in [0.15, 0.2) is 11.0 Å². The standard InChI is InChI=1S/C20H20Cl2N4S/c21-17-9-8-15(12-18(17)22)14-27-20-24-23-19(13-25-10-4-5-11-25)26(20)16-6-2-1-3-7-16/h1-3,6-9,12H,4-5,10-11,13-14H2. The Kier molecular flexibility index (Phi) is 6.03. The van der Waals surface area contributed by atoms with E-state index in [4.69, 9.17) is 23.2 Å². The lowest BCUT2D eigenvalue weighted by Crippen LogP contribution is -2.21. The normalized spacial score (nSPS) is 14.7. The third-order valence-corrected chi connectivity index (χ3v) is 6.37. The molecular formula is C20H20Cl2N4S. The van der Waals surface area contributed by atoms with Gasteiger partial charge in [0.25, 0.3) is 0 Å². The van der Waals surface area contributed by atoms with Crippen LogP contribution in [-0.2, 0) is 12.3 Å². The zero-order valence-electron chi connectivity index (χ0n) is 14.8. The van der Waals surface area contributed by atoms with Gasteiger partial charge in [-0.3, -0.25) is 9.47 Å². The number of benzene rings is 2. The van der Waals surface area contributed by atoms with E-state index in [0.29, 0.717) is 10.0 Å². The van der Waals surface area contributed by atoms with E-state index < -0.39 is 0 Å². The van der Waals surface area contributed by atoms with Crippen LogP contribution < -0.4 is 0 Å². The maximum atomic E-state index is 6.14. The highest BCUT2D eigenvalue weighted by atomic mass is 35.5. The predicted octanol–water partition coefficient (Wildman–Crippen LogP) is 5.46. The largest absolute Gasteiger partial charge is 0.296 e. The summed E-state index contributed by atoms with van der Waals surface area (Å²) in [5.41, 5.74) is 2.20. The van der Waals surface area contributed by atoms with E-state index in [-0.39, 0.29) is 0 Å². The predicted molar refractivity (Wildman–Crippen MR) is 112 cm³/mol. The Balaban J connectivity index is 1.59. The molecule has 4 nitrogen and oxygen atoms in total. The summed E-state index contributed by atoms with van der Waals surface area (Å²) in [7, 11) is 0. The third kappa shape index (κ3) is 4.49. The number of likely N-dealkylation sites (tertiary alicyclic amines) is 1. The van der Waals surface area contributed by atoms with Crippen molar-refractivity contribution in [3.05, 3.63) is 70.0 Å². The van der Waals surface area contributed by atoms with Crippen LogP contribution in [0.3, 0.4) is 0 Å². The van der Waals surface area contributed by atoms with Crippen molar-refractivity contribution in [2.45, 2.75) is 30.3 Å². The molecule has 2 heterocycles. The minimum absolute atomic E-state index is 0.575. The molecule has 0 spiro atoms. The summed E-state index contributed by atoms with van der Waals surface area (Å²) in [4.78, 5) is 2.44. The zero-order valence-corrected chi connectivity index (χ0v) is 17.1. The third-order valence-electron chi connectivity index (χ3n) is 4.63. The summed E-state index contributed by atoms with van der Waals surface area (Å²) in [6, 6.07) is 16.0. The highest BCUT2D eigenvalue weighted by Crippen LogP contribution is 2.29. The average Bonchev–Trinajstić information content (AvgIpc) is 3.34. The van der Waals surface area contributed by atoms with E-state index in [2.05, 4.69) is 31.8 Å². The van der Waals surface area contributed by atoms with Gasteiger partial charge in [0.2, 0.25) is 0 Å². The van der Waals surface area contributed by atoms with Gasteiger partial charge in [-0.1, -0.05) is 59.2 Å². The maximum absolute atomic E-state index is 6.14. The topological polar surface area (TPSA) is 34.0 Å². The van der Waals surface area contributed by atoms with Crippen LogP contribution in [0, 0.1) is 0 Å². The highest BCUT2D eigenvalue weighted by molar-refractivity contribution is 7.98. The summed E-state index contributed by atoms with van der Waals surface area (Å²) in [5, 5.41) is 11.0. The zero-order chi connectivity index (χ0) is 18.6. The lowest BCUT2D eigenvalue weighted by molar-refractivity contribution is 0.319. The van der Waals surface area contributed by atoms with Crippen LogP contribution in [-0.4, -0.2) is 32.8 Å². The molecule has 1 saturated heterocycles. The van der Waals surface area contributed by atoms with Crippen LogP contribution in [0.25, 0.3) is 5.69 Å². The molecule has 0 amide bonds. The first-order valence-corrected chi connectivity index (χ1v) is 10.7. The molecule has 4 rings (SSSR count). The Bertz CT molecular complexity index is 908. The Morgan fingerprint density at radius 3 is 2.44 bits per heavy atom. The van der Waals surface area contributed by atoms with Crippen LogP contribution in [0.5, 0.6) is 0 Å². The van der Waals surface area contributed by atoms with Gasteiger partial charge in [0, 0.05) is 11.4 Å². The van der Waals surface area contributed by atoms with Gasteiger partial charge in [-0.15, -0.1) is 10.2 Å². The lowest BCUT2D eigenvalue weighted by atomic mass is 10.2. The van der Waals surface area contributed by atoms with Crippen LogP contribution in [0.1, 0.15) is 24.2 Å². The molecule has 0 saturated carbocycles. The van der Waals surface area contributed by atoms with Crippen molar-refractivity contribution in [1.82, 2.24) is 19.7 Å². The van der Waals surface area contributed by atoms with Crippen LogP contribution in [0.4, 0.5) is 0 Å². The molecule has 0 unspecified atom stereocenters. The molecule has 27 heavy (non-hydrogen) atoms. The molecular weight excluding hydrogens is 399 g/mol. The summed E-state index contributed by atoms with van der Waals surface area (Å²) < 4.78 is 2.17. The van der Waals surface area contributed by atoms with Crippen molar-refractivity contribution in [2.75, 3.05) is 13.1 Å². The maximum Gasteiger partial charge on any atom is 0.196 e. The molecule has 0 atom stereocenters. The SMILES string of the molecule is Clc1ccc(CSc2nnc(CN3CCCC3)n2-c2ccccc2)cc1Cl. The number of thioether (sulfide) groups is 1. The number of para-hydroxylation sites is 1. The highest BCUT2D eigenvalue weighted by Gasteiger charge is 2.19. The van der Waals surface area contributed by atoms with Gasteiger partial charge in [0.05, 0.1) is 16.6 Å². The first-order valence-electron chi connectivity index (χ1n) is 8.99. The van der Waals surface area contributed by atoms with Gasteiger partial charge in [-0.2, -0.15) is 0 Å². The molecule has 3 aromatic rings. The Hall–Kier alpha value is -1.53. The summed E-state index contributed by atoms with van der Waals surface area (Å²) in [6.45, 7) is 3.09. The van der Waals surface area contributed by atoms with Crippen molar-refractivity contribution in [3.8, 4) is 5.69 Å². The number of hydrogen-bond acceptors (Lipinski definition) is 4. The monoisotopic (exact) mass is 418 g/mol. The minimum atomic E-state index is 0.575. The van der Waals surface area contributed by atoms with E-state index in [1.54, 1.807) is 11.8 Å². The first kappa shape index (κ1) is 18.8. The molecule has 7 heteroatoms. The van der Waals surface area contributed by atoms with Crippen LogP contribution in [0.15, 0.2) is 53.7 Å². The molecule has 0 bridgehead atoms. The molecule has 2 aromatic carbocycles. The Morgan fingerprint density at radius 1 is 0.926 bits per heavy atom. The molecule has 0 radical (unpaired) electrons. The Morgan fingerprint density at radius 2 is 1.70 bits per heavy atom.